The maximum atomic E-state index is 13.0. The van der Waals surface area contributed by atoms with Gasteiger partial charge in [0.25, 0.3) is 17.4 Å². The second-order valence-electron chi connectivity index (χ2n) is 7.44. The van der Waals surface area contributed by atoms with Gasteiger partial charge in [-0.1, -0.05) is 28.1 Å². The largest absolute Gasteiger partial charge is 0.507 e. The molecule has 0 bridgehead atoms. The summed E-state index contributed by atoms with van der Waals surface area (Å²) in [7, 11) is 0. The molecule has 31 heavy (non-hydrogen) atoms. The molecular formula is C22H19BrN2O6. The molecule has 2 heterocycles. The molecule has 1 N–H and O–H groups in total. The number of carbonyl (C=O) groups is 2. The van der Waals surface area contributed by atoms with Crippen LogP contribution in [0.4, 0.5) is 5.69 Å². The SMILES string of the molecule is O=C1C(=O)N(CC2CCCO2)C(c2ccc([N+](=O)[O-])cc2)/C1=C(\O)c1ccc(Br)cc1. The fourth-order valence-corrected chi connectivity index (χ4v) is 4.23. The van der Waals surface area contributed by atoms with Crippen LogP contribution in [-0.4, -0.2) is 45.9 Å². The van der Waals surface area contributed by atoms with Crippen molar-refractivity contribution in [2.24, 2.45) is 0 Å². The Balaban J connectivity index is 1.81. The summed E-state index contributed by atoms with van der Waals surface area (Å²) in [5, 5.41) is 22.0. The van der Waals surface area contributed by atoms with E-state index in [0.717, 1.165) is 17.3 Å². The fourth-order valence-electron chi connectivity index (χ4n) is 3.96. The van der Waals surface area contributed by atoms with Gasteiger partial charge in [0.05, 0.1) is 22.6 Å². The zero-order chi connectivity index (χ0) is 22.1. The minimum atomic E-state index is -0.867. The molecule has 2 aliphatic rings. The lowest BCUT2D eigenvalue weighted by molar-refractivity contribution is -0.384. The number of halogens is 1. The number of Topliss-reactive ketones (excluding diaryl/α,β-unsaturated/α-hetero) is 1. The minimum absolute atomic E-state index is 0.0424. The van der Waals surface area contributed by atoms with Gasteiger partial charge in [-0.3, -0.25) is 19.7 Å². The van der Waals surface area contributed by atoms with E-state index >= 15 is 0 Å². The molecule has 0 spiro atoms. The molecular weight excluding hydrogens is 468 g/mol. The van der Waals surface area contributed by atoms with Crippen molar-refractivity contribution in [3.05, 3.63) is 79.8 Å². The first-order valence-corrected chi connectivity index (χ1v) is 10.6. The summed E-state index contributed by atoms with van der Waals surface area (Å²) in [6.07, 6.45) is 1.43. The number of nitro groups is 1. The number of benzene rings is 2. The molecule has 2 aromatic rings. The van der Waals surface area contributed by atoms with E-state index in [1.807, 2.05) is 0 Å². The number of rotatable bonds is 5. The number of non-ortho nitro benzene ring substituents is 1. The third kappa shape index (κ3) is 4.11. The highest BCUT2D eigenvalue weighted by Crippen LogP contribution is 2.40. The molecule has 8 nitrogen and oxygen atoms in total. The van der Waals surface area contributed by atoms with E-state index in [9.17, 15) is 24.8 Å². The number of nitrogens with zero attached hydrogens (tertiary/aromatic N) is 2. The Morgan fingerprint density at radius 2 is 1.84 bits per heavy atom. The topological polar surface area (TPSA) is 110 Å². The molecule has 9 heteroatoms. The molecule has 0 aromatic heterocycles. The Morgan fingerprint density at radius 1 is 1.16 bits per heavy atom. The van der Waals surface area contributed by atoms with Gasteiger partial charge in [-0.2, -0.15) is 0 Å². The van der Waals surface area contributed by atoms with Crippen molar-refractivity contribution >= 4 is 39.1 Å². The lowest BCUT2D eigenvalue weighted by Crippen LogP contribution is -2.36. The van der Waals surface area contributed by atoms with E-state index in [4.69, 9.17) is 4.74 Å². The Bertz CT molecular complexity index is 1060. The normalized spacial score (nSPS) is 22.8. The van der Waals surface area contributed by atoms with Gasteiger partial charge in [-0.25, -0.2) is 0 Å². The summed E-state index contributed by atoms with van der Waals surface area (Å²) in [6.45, 7) is 0.791. The standard InChI is InChI=1S/C22H19BrN2O6/c23-15-7-3-14(4-8-15)20(26)18-19(13-5-9-16(10-6-13)25(29)30)24(22(28)21(18)27)12-17-2-1-11-31-17/h3-10,17,19,26H,1-2,11-12H2/b20-18+. The van der Waals surface area contributed by atoms with Gasteiger partial charge >= 0.3 is 0 Å². The monoisotopic (exact) mass is 486 g/mol. The number of hydrogen-bond acceptors (Lipinski definition) is 6. The Labute approximate surface area is 186 Å². The summed E-state index contributed by atoms with van der Waals surface area (Å²) in [5.41, 5.74) is 0.749. The van der Waals surface area contributed by atoms with Crippen molar-refractivity contribution in [1.29, 1.82) is 0 Å². The second-order valence-corrected chi connectivity index (χ2v) is 8.36. The summed E-state index contributed by atoms with van der Waals surface area (Å²) in [6, 6.07) is 11.5. The van der Waals surface area contributed by atoms with Gasteiger partial charge in [0, 0.05) is 35.3 Å². The molecule has 2 aromatic carbocycles. The predicted molar refractivity (Wildman–Crippen MR) is 115 cm³/mol. The van der Waals surface area contributed by atoms with E-state index in [-0.39, 0.29) is 29.7 Å². The lowest BCUT2D eigenvalue weighted by Gasteiger charge is -2.27. The van der Waals surface area contributed by atoms with Gasteiger partial charge in [0.2, 0.25) is 0 Å². The van der Waals surface area contributed by atoms with Crippen molar-refractivity contribution in [1.82, 2.24) is 4.90 Å². The van der Waals surface area contributed by atoms with Crippen LogP contribution >= 0.6 is 15.9 Å². The molecule has 0 radical (unpaired) electrons. The first-order valence-electron chi connectivity index (χ1n) is 9.77. The Morgan fingerprint density at radius 3 is 2.42 bits per heavy atom. The maximum absolute atomic E-state index is 13.0. The summed E-state index contributed by atoms with van der Waals surface area (Å²) in [5.74, 6) is -1.80. The van der Waals surface area contributed by atoms with Crippen molar-refractivity contribution in [3.8, 4) is 0 Å². The zero-order valence-electron chi connectivity index (χ0n) is 16.4. The van der Waals surface area contributed by atoms with Crippen LogP contribution in [0.5, 0.6) is 0 Å². The number of ketones is 1. The van der Waals surface area contributed by atoms with Crippen LogP contribution in [-0.2, 0) is 14.3 Å². The van der Waals surface area contributed by atoms with Crippen LogP contribution < -0.4 is 0 Å². The molecule has 160 valence electrons. The quantitative estimate of drug-likeness (QED) is 0.225. The molecule has 2 saturated heterocycles. The van der Waals surface area contributed by atoms with Gasteiger partial charge in [0.15, 0.2) is 0 Å². The number of aliphatic hydroxyl groups is 1. The van der Waals surface area contributed by atoms with Crippen LogP contribution in [0.2, 0.25) is 0 Å². The van der Waals surface area contributed by atoms with Crippen LogP contribution in [0.25, 0.3) is 5.76 Å². The van der Waals surface area contributed by atoms with Gasteiger partial charge in [0.1, 0.15) is 5.76 Å². The highest BCUT2D eigenvalue weighted by Gasteiger charge is 2.47. The first-order chi connectivity index (χ1) is 14.9. The third-order valence-corrected chi connectivity index (χ3v) is 6.03. The number of ether oxygens (including phenoxy) is 1. The van der Waals surface area contributed by atoms with E-state index < -0.39 is 22.7 Å². The van der Waals surface area contributed by atoms with E-state index in [2.05, 4.69) is 15.9 Å². The molecule has 2 aliphatic heterocycles. The number of carbonyl (C=O) groups excluding carboxylic acids is 2. The van der Waals surface area contributed by atoms with Crippen molar-refractivity contribution in [2.75, 3.05) is 13.2 Å². The van der Waals surface area contributed by atoms with Gasteiger partial charge in [-0.05, 0) is 42.7 Å². The summed E-state index contributed by atoms with van der Waals surface area (Å²) in [4.78, 5) is 37.8. The predicted octanol–water partition coefficient (Wildman–Crippen LogP) is 3.96. The number of nitro benzene ring substituents is 1. The van der Waals surface area contributed by atoms with Crippen molar-refractivity contribution in [2.45, 2.75) is 25.0 Å². The number of amides is 1. The van der Waals surface area contributed by atoms with Crippen molar-refractivity contribution in [3.63, 3.8) is 0 Å². The number of likely N-dealkylation sites (tertiary alicyclic amines) is 1. The molecule has 2 unspecified atom stereocenters. The Kier molecular flexibility index (Phi) is 5.88. The highest BCUT2D eigenvalue weighted by molar-refractivity contribution is 9.10. The average molecular weight is 487 g/mol. The minimum Gasteiger partial charge on any atom is -0.507 e. The maximum Gasteiger partial charge on any atom is 0.295 e. The second kappa shape index (κ2) is 8.60. The zero-order valence-corrected chi connectivity index (χ0v) is 17.9. The highest BCUT2D eigenvalue weighted by atomic mass is 79.9. The third-order valence-electron chi connectivity index (χ3n) is 5.50. The molecule has 1 amide bonds. The molecule has 0 aliphatic carbocycles. The summed E-state index contributed by atoms with van der Waals surface area (Å²) < 4.78 is 6.45. The molecule has 4 rings (SSSR count). The van der Waals surface area contributed by atoms with Gasteiger partial charge in [-0.15, -0.1) is 0 Å². The van der Waals surface area contributed by atoms with Crippen LogP contribution in [0.15, 0.2) is 58.6 Å². The smallest absolute Gasteiger partial charge is 0.295 e. The van der Waals surface area contributed by atoms with Crippen LogP contribution in [0.1, 0.15) is 30.0 Å². The molecule has 2 fully saturated rings. The first kappa shape index (κ1) is 21.2. The Hall–Kier alpha value is -3.04. The van der Waals surface area contributed by atoms with Crippen molar-refractivity contribution < 1.29 is 24.4 Å². The number of aliphatic hydroxyl groups excluding tert-OH is 1. The van der Waals surface area contributed by atoms with Gasteiger partial charge < -0.3 is 14.7 Å². The summed E-state index contributed by atoms with van der Waals surface area (Å²) >= 11 is 3.33. The van der Waals surface area contributed by atoms with E-state index in [0.29, 0.717) is 17.7 Å². The van der Waals surface area contributed by atoms with Crippen LogP contribution in [0, 0.1) is 10.1 Å². The fraction of sp³-hybridized carbons (Fsp3) is 0.273. The van der Waals surface area contributed by atoms with E-state index in [1.165, 1.54) is 29.2 Å². The van der Waals surface area contributed by atoms with Crippen LogP contribution in [0.3, 0.4) is 0 Å². The number of hydrogen-bond donors (Lipinski definition) is 1. The lowest BCUT2D eigenvalue weighted by atomic mass is 9.95. The molecule has 0 saturated carbocycles. The average Bonchev–Trinajstić information content (AvgIpc) is 3.36. The van der Waals surface area contributed by atoms with E-state index in [1.54, 1.807) is 24.3 Å². The molecule has 2 atom stereocenters.